The number of hydrogen-bond donors (Lipinski definition) is 0. The second-order valence-corrected chi connectivity index (χ2v) is 22.1. The van der Waals surface area contributed by atoms with E-state index < -0.39 is 0 Å². The van der Waals surface area contributed by atoms with Crippen LogP contribution in [-0.4, -0.2) is 120 Å². The molecule has 0 saturated carbocycles. The Labute approximate surface area is 825 Å². The fourth-order valence-corrected chi connectivity index (χ4v) is 7.57. The van der Waals surface area contributed by atoms with Crippen LogP contribution in [0.3, 0.4) is 0 Å². The fraction of sp³-hybridized carbons (Fsp3) is 0.200. The molecule has 0 aromatic carbocycles. The Kier molecular flexibility index (Phi) is 99.6. The van der Waals surface area contributed by atoms with E-state index in [9.17, 15) is 0 Å². The Morgan fingerprint density at radius 3 is 0.213 bits per heavy atom. The van der Waals surface area contributed by atoms with E-state index in [1.54, 1.807) is 74.4 Å². The summed E-state index contributed by atoms with van der Waals surface area (Å²) in [7, 11) is 0. The van der Waals surface area contributed by atoms with E-state index >= 15 is 0 Å². The average molecular weight is 2260 g/mol. The molecule has 624 valence electrons. The molecule has 0 unspecified atom stereocenters. The molecule has 0 amide bonds. The van der Waals surface area contributed by atoms with Crippen LogP contribution in [0.15, 0.2) is 209 Å². The van der Waals surface area contributed by atoms with Crippen LogP contribution >= 0.6 is 0 Å². The van der Waals surface area contributed by atoms with E-state index in [0.29, 0.717) is 61.9 Å². The average Bonchev–Trinajstić information content (AvgIpc) is 3.48. The van der Waals surface area contributed by atoms with Gasteiger partial charge in [-0.2, -0.15) is 0 Å². The first-order chi connectivity index (χ1) is 45.5. The number of aromatic nitrogens is 24. The predicted octanol–water partition coefficient (Wildman–Crippen LogP) is 8.26. The SMILES string of the molecule is Cc1ccnc([S-])n1.Cc1ccnc([S-])n1.Cc1ccnc([S-])n1.Cc1ccnc([S-])n1.Cc1ccnc([S-])n1.Cc1ccnc([S-])n1.Cc1ccnc([S-])n1.Cc1ccnc([S-])n1.Cc1ccnc([S-])n1.Cc1ccnc([S-])n1.Cc1ccnc([S-])n1.Cc1ccnc([S-])n1.[Cu+].[Cu+].[Cu+].[Cu+].[Cu+].[Cu+].[Cu+].[Cu+].[Cu+].[Cu+].[Cu+].[Cu+]. The van der Waals surface area contributed by atoms with Crippen LogP contribution in [0.2, 0.25) is 0 Å². The largest absolute Gasteiger partial charge is 1.00 e. The van der Waals surface area contributed by atoms with Crippen molar-refractivity contribution >= 4 is 152 Å². The van der Waals surface area contributed by atoms with Crippen LogP contribution in [-0.2, 0) is 356 Å². The molecule has 0 bridgehead atoms. The molecule has 0 N–H and O–H groups in total. The van der Waals surface area contributed by atoms with Crippen LogP contribution in [0.25, 0.3) is 0 Å². The summed E-state index contributed by atoms with van der Waals surface area (Å²) in [5.74, 6) is 0. The van der Waals surface area contributed by atoms with Crippen molar-refractivity contribution in [2.24, 2.45) is 0 Å². The molecule has 48 heteroatoms. The summed E-state index contributed by atoms with van der Waals surface area (Å²) in [5, 5.41) is 5.06. The minimum atomic E-state index is 0. The van der Waals surface area contributed by atoms with Crippen LogP contribution in [0, 0.1) is 83.1 Å². The van der Waals surface area contributed by atoms with Crippen molar-refractivity contribution in [2.45, 2.75) is 145 Å². The van der Waals surface area contributed by atoms with Crippen LogP contribution < -0.4 is 0 Å². The first-order valence-electron chi connectivity index (χ1n) is 27.1. The zero-order chi connectivity index (χ0) is 71.8. The Morgan fingerprint density at radius 2 is 0.185 bits per heavy atom. The van der Waals surface area contributed by atoms with Gasteiger partial charge in [-0.25, -0.2) is 0 Å². The summed E-state index contributed by atoms with van der Waals surface area (Å²) in [6.07, 6.45) is 19.9. The van der Waals surface area contributed by atoms with Gasteiger partial charge in [-0.3, -0.25) is 120 Å². The second kappa shape index (κ2) is 81.4. The molecule has 108 heavy (non-hydrogen) atoms. The predicted molar refractivity (Wildman–Crippen MR) is 389 cm³/mol. The van der Waals surface area contributed by atoms with E-state index in [1.807, 2.05) is 156 Å². The minimum absolute atomic E-state index is 0. The third kappa shape index (κ3) is 79.1. The molecule has 0 aliphatic rings. The topological polar surface area (TPSA) is 309 Å². The first-order valence-corrected chi connectivity index (χ1v) is 32.0. The van der Waals surface area contributed by atoms with Gasteiger partial charge in [-0.1, -0.05) is 0 Å². The van der Waals surface area contributed by atoms with Crippen LogP contribution in [0.5, 0.6) is 0 Å². The smallest absolute Gasteiger partial charge is 0.740 e. The maximum absolute atomic E-state index is 4.68. The summed E-state index contributed by atoms with van der Waals surface area (Å²) in [6.45, 7) is 22.6. The van der Waals surface area contributed by atoms with Crippen molar-refractivity contribution in [1.82, 2.24) is 120 Å². The molecule has 0 radical (unpaired) electrons. The van der Waals surface area contributed by atoms with Gasteiger partial charge in [0.15, 0.2) is 0 Å². The van der Waals surface area contributed by atoms with Gasteiger partial charge in [0.2, 0.25) is 0 Å². The molecule has 0 saturated heterocycles. The molecule has 0 aliphatic heterocycles. The molecule has 12 aromatic rings. The maximum atomic E-state index is 4.68. The monoisotopic (exact) mass is 2260 g/mol. The van der Waals surface area contributed by atoms with Crippen molar-refractivity contribution in [2.75, 3.05) is 0 Å². The molecule has 24 nitrogen and oxygen atoms in total. The van der Waals surface area contributed by atoms with Gasteiger partial charge in [0.05, 0.1) is 0 Å². The Hall–Kier alpha value is -2.17. The Morgan fingerprint density at radius 1 is 0.130 bits per heavy atom. The molecule has 12 aromatic heterocycles. The molecule has 0 aliphatic carbocycles. The van der Waals surface area contributed by atoms with Crippen molar-refractivity contribution in [3.8, 4) is 0 Å². The second-order valence-electron chi connectivity index (χ2n) is 17.8. The Bertz CT molecular complexity index is 3030. The molecule has 0 atom stereocenters. The summed E-state index contributed by atoms with van der Waals surface area (Å²) in [6, 6.07) is 21.8. The van der Waals surface area contributed by atoms with E-state index in [0.717, 1.165) is 68.3 Å². The van der Waals surface area contributed by atoms with Gasteiger partial charge >= 0.3 is 205 Å². The standard InChI is InChI=1S/12C5H6N2S.12Cu/c12*1-4-2-3-6-5(8)7-4;;;;;;;;;;;;/h12*2-3H,1H3,(H,6,7,8);;;;;;;;;;;;/q;;;;;;;;;;;;12*+1/p-12. The van der Waals surface area contributed by atoms with Gasteiger partial charge in [-0.05, 0) is 156 Å². The molecule has 12 heterocycles. The van der Waals surface area contributed by atoms with Gasteiger partial charge in [0.25, 0.3) is 0 Å². The van der Waals surface area contributed by atoms with Crippen LogP contribution in [0.4, 0.5) is 0 Å². The van der Waals surface area contributed by atoms with Gasteiger partial charge in [0, 0.05) is 205 Å². The summed E-state index contributed by atoms with van der Waals surface area (Å²) < 4.78 is 0. The Balaban J connectivity index is -0.0000000922. The quantitative estimate of drug-likeness (QED) is 0.0783. The molecule has 0 spiro atoms. The fourth-order valence-electron chi connectivity index (χ4n) is 5.11. The molecule has 12 rings (SSSR count). The maximum Gasteiger partial charge on any atom is 1.00 e. The summed E-state index contributed by atoms with van der Waals surface area (Å²) in [4.78, 5) is 91.5. The molecular formula is C60H60Cu12N24S12. The molecular weight excluding hydrogens is 2200 g/mol. The number of rotatable bonds is 0. The first kappa shape index (κ1) is 132. The van der Waals surface area contributed by atoms with Crippen molar-refractivity contribution < 1.29 is 205 Å². The van der Waals surface area contributed by atoms with Crippen LogP contribution in [0.1, 0.15) is 68.3 Å². The van der Waals surface area contributed by atoms with Crippen molar-refractivity contribution in [1.29, 1.82) is 0 Å². The summed E-state index contributed by atoms with van der Waals surface area (Å²) >= 11 is 56.1. The van der Waals surface area contributed by atoms with Gasteiger partial charge < -0.3 is 152 Å². The third-order valence-corrected chi connectivity index (χ3v) is 11.6. The normalized spacial score (nSPS) is 8.11. The zero-order valence-corrected chi connectivity index (χ0v) is 78.2. The number of nitrogens with zero attached hydrogens (tertiary/aromatic N) is 24. The third-order valence-electron chi connectivity index (χ3n) is 9.27. The van der Waals surface area contributed by atoms with Gasteiger partial charge in [-0.15, -0.1) is 0 Å². The van der Waals surface area contributed by atoms with Gasteiger partial charge in [0.1, 0.15) is 0 Å². The van der Waals surface area contributed by atoms with E-state index in [-0.39, 0.29) is 205 Å². The number of hydrogen-bond acceptors (Lipinski definition) is 36. The number of aryl methyl sites for hydroxylation is 12. The summed E-state index contributed by atoms with van der Waals surface area (Å²) in [5.41, 5.74) is 11.1. The van der Waals surface area contributed by atoms with Crippen molar-refractivity contribution in [3.05, 3.63) is 215 Å². The van der Waals surface area contributed by atoms with Crippen molar-refractivity contribution in [3.63, 3.8) is 0 Å². The van der Waals surface area contributed by atoms with E-state index in [4.69, 9.17) is 0 Å². The van der Waals surface area contributed by atoms with E-state index in [2.05, 4.69) is 271 Å². The minimum Gasteiger partial charge on any atom is -0.740 e. The van der Waals surface area contributed by atoms with E-state index in [1.165, 1.54) is 0 Å². The molecule has 0 fully saturated rings. The zero-order valence-electron chi connectivity index (χ0n) is 57.1.